The molecule has 3 saturated carbocycles. The molecule has 3 heteroatoms. The Morgan fingerprint density at radius 2 is 1.74 bits per heavy atom. The molecular formula is C28H37NO2. The van der Waals surface area contributed by atoms with E-state index < -0.39 is 0 Å². The maximum Gasteiger partial charge on any atom is 0.155 e. The van der Waals surface area contributed by atoms with Gasteiger partial charge in [-0.1, -0.05) is 24.6 Å². The summed E-state index contributed by atoms with van der Waals surface area (Å²) < 4.78 is 0. The topological polar surface area (TPSA) is 40.5 Å². The van der Waals surface area contributed by atoms with Crippen LogP contribution in [0.2, 0.25) is 0 Å². The SMILES string of the molecule is CC12CC(c3ccc(N4CCCC4)cc3)C3C4CCC(=O)C=C4CCC3C1CC[C@@H]2O. The molecule has 7 atom stereocenters. The Morgan fingerprint density at radius 1 is 0.968 bits per heavy atom. The summed E-state index contributed by atoms with van der Waals surface area (Å²) in [5, 5.41) is 11.0. The first-order valence-corrected chi connectivity index (χ1v) is 12.8. The zero-order valence-corrected chi connectivity index (χ0v) is 18.9. The molecule has 1 N–H and O–H groups in total. The van der Waals surface area contributed by atoms with E-state index in [1.165, 1.54) is 55.6 Å². The van der Waals surface area contributed by atoms with Gasteiger partial charge >= 0.3 is 0 Å². The van der Waals surface area contributed by atoms with E-state index >= 15 is 0 Å². The zero-order valence-electron chi connectivity index (χ0n) is 18.9. The number of ketones is 1. The van der Waals surface area contributed by atoms with Crippen LogP contribution in [0.3, 0.4) is 0 Å². The number of rotatable bonds is 2. The molecule has 4 fully saturated rings. The van der Waals surface area contributed by atoms with Crippen molar-refractivity contribution in [2.24, 2.45) is 29.1 Å². The lowest BCUT2D eigenvalue weighted by molar-refractivity contribution is -0.116. The Morgan fingerprint density at radius 3 is 2.52 bits per heavy atom. The first-order valence-electron chi connectivity index (χ1n) is 12.8. The molecule has 4 aliphatic carbocycles. The average molecular weight is 420 g/mol. The summed E-state index contributed by atoms with van der Waals surface area (Å²) in [5.74, 6) is 3.37. The lowest BCUT2D eigenvalue weighted by atomic mass is 9.48. The van der Waals surface area contributed by atoms with Crippen molar-refractivity contribution in [1.82, 2.24) is 0 Å². The molecule has 1 heterocycles. The van der Waals surface area contributed by atoms with Crippen molar-refractivity contribution >= 4 is 11.5 Å². The molecule has 6 unspecified atom stereocenters. The van der Waals surface area contributed by atoms with Crippen molar-refractivity contribution in [2.75, 3.05) is 18.0 Å². The van der Waals surface area contributed by atoms with Crippen LogP contribution in [-0.2, 0) is 4.79 Å². The maximum atomic E-state index is 12.2. The van der Waals surface area contributed by atoms with Crippen LogP contribution in [0, 0.1) is 29.1 Å². The highest BCUT2D eigenvalue weighted by Crippen LogP contribution is 2.65. The van der Waals surface area contributed by atoms with Crippen molar-refractivity contribution < 1.29 is 9.90 Å². The monoisotopic (exact) mass is 419 g/mol. The first kappa shape index (κ1) is 20.0. The zero-order chi connectivity index (χ0) is 21.2. The molecule has 0 radical (unpaired) electrons. The summed E-state index contributed by atoms with van der Waals surface area (Å²) in [4.78, 5) is 14.7. The smallest absolute Gasteiger partial charge is 0.155 e. The fourth-order valence-electron chi connectivity index (χ4n) is 8.53. The predicted octanol–water partition coefficient (Wildman–Crippen LogP) is 5.48. The number of nitrogens with zero attached hydrogens (tertiary/aromatic N) is 1. The van der Waals surface area contributed by atoms with Gasteiger partial charge in [0.05, 0.1) is 6.10 Å². The van der Waals surface area contributed by atoms with Crippen LogP contribution in [0.4, 0.5) is 5.69 Å². The van der Waals surface area contributed by atoms with E-state index in [0.717, 1.165) is 32.1 Å². The molecule has 31 heavy (non-hydrogen) atoms. The molecule has 6 rings (SSSR count). The first-order chi connectivity index (χ1) is 15.0. The van der Waals surface area contributed by atoms with Crippen LogP contribution >= 0.6 is 0 Å². The van der Waals surface area contributed by atoms with Crippen LogP contribution in [-0.4, -0.2) is 30.1 Å². The minimum absolute atomic E-state index is 0.0468. The number of anilines is 1. The Hall–Kier alpha value is -1.61. The third-order valence-electron chi connectivity index (χ3n) is 10.0. The second-order valence-electron chi connectivity index (χ2n) is 11.4. The lowest BCUT2D eigenvalue weighted by Gasteiger charge is -2.57. The Kier molecular flexibility index (Phi) is 4.83. The minimum Gasteiger partial charge on any atom is -0.393 e. The van der Waals surface area contributed by atoms with E-state index in [4.69, 9.17) is 0 Å². The summed E-state index contributed by atoms with van der Waals surface area (Å²) in [6.07, 6.45) is 11.8. The summed E-state index contributed by atoms with van der Waals surface area (Å²) in [7, 11) is 0. The largest absolute Gasteiger partial charge is 0.393 e. The summed E-state index contributed by atoms with van der Waals surface area (Å²) in [5.41, 5.74) is 4.32. The number of carbonyl (C=O) groups is 1. The van der Waals surface area contributed by atoms with Crippen LogP contribution in [0.5, 0.6) is 0 Å². The second kappa shape index (κ2) is 7.47. The van der Waals surface area contributed by atoms with Gasteiger partial charge in [-0.15, -0.1) is 0 Å². The summed E-state index contributed by atoms with van der Waals surface area (Å²) >= 11 is 0. The Balaban J connectivity index is 1.38. The van der Waals surface area contributed by atoms with Gasteiger partial charge in [0, 0.05) is 25.2 Å². The van der Waals surface area contributed by atoms with Crippen molar-refractivity contribution in [1.29, 1.82) is 0 Å². The van der Waals surface area contributed by atoms with E-state index in [1.54, 1.807) is 0 Å². The van der Waals surface area contributed by atoms with Gasteiger partial charge in [-0.3, -0.25) is 4.79 Å². The highest BCUT2D eigenvalue weighted by molar-refractivity contribution is 5.91. The summed E-state index contributed by atoms with van der Waals surface area (Å²) in [6.45, 7) is 4.75. The van der Waals surface area contributed by atoms with E-state index in [2.05, 4.69) is 36.1 Å². The van der Waals surface area contributed by atoms with Gasteiger partial charge < -0.3 is 10.0 Å². The number of carbonyl (C=O) groups excluding carboxylic acids is 1. The molecular weight excluding hydrogens is 382 g/mol. The number of aliphatic hydroxyl groups is 1. The van der Waals surface area contributed by atoms with Crippen molar-refractivity contribution in [3.05, 3.63) is 41.5 Å². The van der Waals surface area contributed by atoms with Gasteiger partial charge in [-0.2, -0.15) is 0 Å². The third kappa shape index (κ3) is 3.14. The van der Waals surface area contributed by atoms with Crippen molar-refractivity contribution in [3.8, 4) is 0 Å². The standard InChI is InChI=1S/C28H37NO2/c1-28-17-24(18-4-7-20(8-5-18)29-14-2-3-15-29)27-22-11-9-21(30)16-19(22)6-10-23(27)25(28)12-13-26(28)31/h4-5,7-8,16,22-27,31H,2-3,6,9-15,17H2,1H3/t22?,23?,24?,25?,26-,27?,28?/m0/s1. The number of allylic oxidation sites excluding steroid dienone is 1. The fourth-order valence-corrected chi connectivity index (χ4v) is 8.53. The molecule has 1 aromatic rings. The Labute approximate surface area is 186 Å². The van der Waals surface area contributed by atoms with Crippen LogP contribution in [0.15, 0.2) is 35.9 Å². The summed E-state index contributed by atoms with van der Waals surface area (Å²) in [6, 6.07) is 9.48. The normalized spacial score (nSPS) is 42.1. The molecule has 3 nitrogen and oxygen atoms in total. The second-order valence-corrected chi connectivity index (χ2v) is 11.4. The minimum atomic E-state index is -0.158. The fraction of sp³-hybridized carbons (Fsp3) is 0.679. The van der Waals surface area contributed by atoms with Crippen molar-refractivity contribution in [3.63, 3.8) is 0 Å². The quantitative estimate of drug-likeness (QED) is 0.690. The predicted molar refractivity (Wildman–Crippen MR) is 124 cm³/mol. The van der Waals surface area contributed by atoms with Crippen LogP contribution < -0.4 is 4.90 Å². The molecule has 1 aromatic carbocycles. The third-order valence-corrected chi connectivity index (χ3v) is 10.0. The Bertz CT molecular complexity index is 883. The van der Waals surface area contributed by atoms with Gasteiger partial charge in [0.15, 0.2) is 5.78 Å². The number of fused-ring (bicyclic) bond motifs is 5. The number of benzene rings is 1. The molecule has 0 bridgehead atoms. The highest BCUT2D eigenvalue weighted by atomic mass is 16.3. The number of hydrogen-bond donors (Lipinski definition) is 1. The molecule has 0 spiro atoms. The van der Waals surface area contributed by atoms with Crippen molar-refractivity contribution in [2.45, 2.75) is 76.7 Å². The van der Waals surface area contributed by atoms with Crippen LogP contribution in [0.1, 0.15) is 76.2 Å². The molecule has 0 amide bonds. The van der Waals surface area contributed by atoms with Gasteiger partial charge in [0.25, 0.3) is 0 Å². The van der Waals surface area contributed by atoms with Gasteiger partial charge in [-0.25, -0.2) is 0 Å². The van der Waals surface area contributed by atoms with E-state index in [1.807, 2.05) is 6.08 Å². The van der Waals surface area contributed by atoms with E-state index in [9.17, 15) is 9.90 Å². The van der Waals surface area contributed by atoms with E-state index in [0.29, 0.717) is 35.4 Å². The number of hydrogen-bond acceptors (Lipinski definition) is 3. The molecule has 5 aliphatic rings. The average Bonchev–Trinajstić information content (AvgIpc) is 3.42. The van der Waals surface area contributed by atoms with Gasteiger partial charge in [0.2, 0.25) is 0 Å². The molecule has 166 valence electrons. The molecule has 1 saturated heterocycles. The number of aliphatic hydroxyl groups excluding tert-OH is 1. The van der Waals surface area contributed by atoms with E-state index in [-0.39, 0.29) is 11.5 Å². The maximum absolute atomic E-state index is 12.2. The van der Waals surface area contributed by atoms with Crippen LogP contribution in [0.25, 0.3) is 0 Å². The van der Waals surface area contributed by atoms with Gasteiger partial charge in [-0.05, 0) is 110 Å². The van der Waals surface area contributed by atoms with Gasteiger partial charge in [0.1, 0.15) is 0 Å². The lowest BCUT2D eigenvalue weighted by Crippen LogP contribution is -2.50. The molecule has 0 aromatic heterocycles. The molecule has 1 aliphatic heterocycles. The highest BCUT2D eigenvalue weighted by Gasteiger charge is 2.59.